The van der Waals surface area contributed by atoms with E-state index in [4.69, 9.17) is 9.84 Å². The number of thiophene rings is 1. The fourth-order valence-electron chi connectivity index (χ4n) is 4.95. The third-order valence-electron chi connectivity index (χ3n) is 7.19. The van der Waals surface area contributed by atoms with Gasteiger partial charge in [-0.1, -0.05) is 30.3 Å². The number of anilines is 1. The van der Waals surface area contributed by atoms with Crippen LogP contribution in [0.1, 0.15) is 58.8 Å². The number of pyridine rings is 2. The minimum atomic E-state index is -0.972. The maximum Gasteiger partial charge on any atom is 0.348 e. The van der Waals surface area contributed by atoms with Crippen LogP contribution in [0.25, 0.3) is 10.4 Å². The Balaban J connectivity index is 0.000000371. The van der Waals surface area contributed by atoms with Gasteiger partial charge in [-0.15, -0.1) is 11.3 Å². The number of hydrogen-bond acceptors (Lipinski definition) is 8. The molecule has 6 rings (SSSR count). The summed E-state index contributed by atoms with van der Waals surface area (Å²) in [7, 11) is 0. The molecular formula is C35H27Br2N3O6S. The molecule has 12 heteroatoms. The van der Waals surface area contributed by atoms with Gasteiger partial charge in [0, 0.05) is 41.4 Å². The minimum Gasteiger partial charge on any atom is -0.478 e. The topological polar surface area (TPSA) is 127 Å². The molecule has 0 fully saturated rings. The average Bonchev–Trinajstić information content (AvgIpc) is 3.44. The standard InChI is InChI=1S/C29H23BrN2O4S.C6H4BrNO2/c1-2-36-29(35)25-17-20-13-15-32(23-8-4-3-6-21(23)26(20)37-25)28(34)19-11-9-18(10-12-19)16-24(33)22-7-5-14-31-27(22)30;7-5-4(6(9)10)2-1-3-8-5/h3-12,14,17H,2,13,15-16H2,1H3;1-3H,(H,9,10). The predicted octanol–water partition coefficient (Wildman–Crippen LogP) is 7.92. The normalized spacial score (nSPS) is 11.7. The van der Waals surface area contributed by atoms with Crippen LogP contribution in [0, 0.1) is 0 Å². The zero-order valence-corrected chi connectivity index (χ0v) is 29.0. The van der Waals surface area contributed by atoms with Gasteiger partial charge in [-0.3, -0.25) is 9.59 Å². The molecule has 47 heavy (non-hydrogen) atoms. The SMILES string of the molecule is CCOC(=O)c1cc2c(s1)-c1ccccc1N(C(=O)c1ccc(CC(=O)c3cccnc3Br)cc1)CC2.O=C(O)c1cccnc1Br. The lowest BCUT2D eigenvalue weighted by Gasteiger charge is -2.23. The summed E-state index contributed by atoms with van der Waals surface area (Å²) in [6, 6.07) is 23.4. The van der Waals surface area contributed by atoms with E-state index in [1.54, 1.807) is 48.4 Å². The van der Waals surface area contributed by atoms with E-state index in [0.29, 0.717) is 44.8 Å². The molecule has 4 heterocycles. The number of carbonyl (C=O) groups excluding carboxylic acids is 3. The summed E-state index contributed by atoms with van der Waals surface area (Å²) in [6.45, 7) is 2.60. The third kappa shape index (κ3) is 7.90. The summed E-state index contributed by atoms with van der Waals surface area (Å²) in [5.74, 6) is -1.45. The molecule has 3 aromatic heterocycles. The molecule has 2 aromatic carbocycles. The number of halogens is 2. The fourth-order valence-corrected chi connectivity index (χ4v) is 6.98. The molecule has 0 saturated carbocycles. The van der Waals surface area contributed by atoms with Crippen molar-refractivity contribution in [3.05, 3.63) is 133 Å². The maximum absolute atomic E-state index is 13.6. The molecule has 0 atom stereocenters. The van der Waals surface area contributed by atoms with Gasteiger partial charge in [-0.2, -0.15) is 0 Å². The van der Waals surface area contributed by atoms with Crippen molar-refractivity contribution < 1.29 is 29.0 Å². The largest absolute Gasteiger partial charge is 0.478 e. The van der Waals surface area contributed by atoms with Crippen LogP contribution in [-0.4, -0.2) is 51.9 Å². The number of nitrogens with zero attached hydrogens (tertiary/aromatic N) is 3. The van der Waals surface area contributed by atoms with Crippen LogP contribution in [-0.2, 0) is 17.6 Å². The number of carbonyl (C=O) groups is 4. The summed E-state index contributed by atoms with van der Waals surface area (Å²) in [6.07, 6.45) is 3.99. The van der Waals surface area contributed by atoms with E-state index in [2.05, 4.69) is 41.8 Å². The highest BCUT2D eigenvalue weighted by molar-refractivity contribution is 9.10. The van der Waals surface area contributed by atoms with Gasteiger partial charge in [0.05, 0.1) is 23.4 Å². The Hall–Kier alpha value is -4.52. The van der Waals surface area contributed by atoms with Crippen molar-refractivity contribution in [3.63, 3.8) is 0 Å². The number of ether oxygens (including phenoxy) is 1. The summed E-state index contributed by atoms with van der Waals surface area (Å²) >= 11 is 7.73. The maximum atomic E-state index is 13.6. The van der Waals surface area contributed by atoms with Gasteiger partial charge in [-0.05, 0) is 105 Å². The highest BCUT2D eigenvalue weighted by Crippen LogP contribution is 2.42. The summed E-state index contributed by atoms with van der Waals surface area (Å²) < 4.78 is 6.07. The Morgan fingerprint density at radius 2 is 1.55 bits per heavy atom. The van der Waals surface area contributed by atoms with E-state index in [1.165, 1.54) is 23.6 Å². The van der Waals surface area contributed by atoms with Crippen molar-refractivity contribution in [3.8, 4) is 10.4 Å². The van der Waals surface area contributed by atoms with E-state index in [-0.39, 0.29) is 29.6 Å². The zero-order chi connectivity index (χ0) is 33.5. The Kier molecular flexibility index (Phi) is 11.1. The highest BCUT2D eigenvalue weighted by Gasteiger charge is 2.28. The molecule has 238 valence electrons. The summed E-state index contributed by atoms with van der Waals surface area (Å²) in [4.78, 5) is 60.2. The Labute approximate surface area is 291 Å². The molecule has 0 spiro atoms. The second-order valence-corrected chi connectivity index (χ2v) is 12.7. The molecule has 0 bridgehead atoms. The van der Waals surface area contributed by atoms with Crippen LogP contribution < -0.4 is 4.90 Å². The number of hydrogen-bond donors (Lipinski definition) is 1. The number of fused-ring (bicyclic) bond motifs is 3. The van der Waals surface area contributed by atoms with E-state index in [9.17, 15) is 19.2 Å². The lowest BCUT2D eigenvalue weighted by molar-refractivity contribution is 0.0531. The van der Waals surface area contributed by atoms with E-state index >= 15 is 0 Å². The van der Waals surface area contributed by atoms with Gasteiger partial charge in [0.25, 0.3) is 5.91 Å². The van der Waals surface area contributed by atoms with Crippen molar-refractivity contribution in [2.45, 2.75) is 19.8 Å². The van der Waals surface area contributed by atoms with Crippen molar-refractivity contribution in [2.75, 3.05) is 18.1 Å². The molecule has 1 aliphatic rings. The van der Waals surface area contributed by atoms with Crippen LogP contribution >= 0.6 is 43.2 Å². The van der Waals surface area contributed by atoms with E-state index in [0.717, 1.165) is 27.3 Å². The molecule has 9 nitrogen and oxygen atoms in total. The van der Waals surface area contributed by atoms with Gasteiger partial charge >= 0.3 is 11.9 Å². The van der Waals surface area contributed by atoms with Crippen molar-refractivity contribution in [2.24, 2.45) is 0 Å². The zero-order valence-electron chi connectivity index (χ0n) is 25.0. The minimum absolute atomic E-state index is 0.0474. The number of esters is 1. The number of aromatic carboxylic acids is 1. The Morgan fingerprint density at radius 3 is 2.17 bits per heavy atom. The summed E-state index contributed by atoms with van der Waals surface area (Å²) in [5.41, 5.74) is 4.85. The fraction of sp³-hybridized carbons (Fsp3) is 0.143. The van der Waals surface area contributed by atoms with Gasteiger partial charge < -0.3 is 14.7 Å². The highest BCUT2D eigenvalue weighted by atomic mass is 79.9. The molecule has 0 aliphatic carbocycles. The summed E-state index contributed by atoms with van der Waals surface area (Å²) in [5, 5.41) is 8.50. The number of carboxylic acid groups (broad SMARTS) is 1. The van der Waals surface area contributed by atoms with E-state index in [1.807, 2.05) is 42.5 Å². The van der Waals surface area contributed by atoms with Crippen molar-refractivity contribution in [1.29, 1.82) is 0 Å². The molecular weight excluding hydrogens is 750 g/mol. The molecule has 0 radical (unpaired) electrons. The number of amides is 1. The molecule has 0 unspecified atom stereocenters. The molecule has 5 aromatic rings. The van der Waals surface area contributed by atoms with Crippen molar-refractivity contribution >= 4 is 72.5 Å². The average molecular weight is 777 g/mol. The molecule has 1 aliphatic heterocycles. The first-order valence-electron chi connectivity index (χ1n) is 14.5. The number of rotatable bonds is 7. The van der Waals surface area contributed by atoms with E-state index < -0.39 is 5.97 Å². The van der Waals surface area contributed by atoms with Crippen LogP contribution in [0.4, 0.5) is 5.69 Å². The van der Waals surface area contributed by atoms with Crippen LogP contribution in [0.5, 0.6) is 0 Å². The van der Waals surface area contributed by atoms with Gasteiger partial charge in [-0.25, -0.2) is 19.6 Å². The number of benzene rings is 2. The van der Waals surface area contributed by atoms with Crippen LogP contribution in [0.3, 0.4) is 0 Å². The third-order valence-corrected chi connectivity index (χ3v) is 9.64. The first-order valence-corrected chi connectivity index (χ1v) is 16.9. The monoisotopic (exact) mass is 775 g/mol. The predicted molar refractivity (Wildman–Crippen MR) is 186 cm³/mol. The van der Waals surface area contributed by atoms with Crippen molar-refractivity contribution in [1.82, 2.24) is 9.97 Å². The number of carboxylic acids is 1. The lowest BCUT2D eigenvalue weighted by atomic mass is 10.0. The first kappa shape index (κ1) is 33.8. The van der Waals surface area contributed by atoms with Crippen LogP contribution in [0.15, 0.2) is 100 Å². The molecule has 1 amide bonds. The number of aromatic nitrogens is 2. The lowest BCUT2D eigenvalue weighted by Crippen LogP contribution is -2.32. The quantitative estimate of drug-likeness (QED) is 0.100. The Bertz CT molecular complexity index is 1960. The first-order chi connectivity index (χ1) is 22.7. The Morgan fingerprint density at radius 1 is 0.894 bits per heavy atom. The molecule has 1 N–H and O–H groups in total. The van der Waals surface area contributed by atoms with Gasteiger partial charge in [0.1, 0.15) is 14.1 Å². The van der Waals surface area contributed by atoms with Gasteiger partial charge in [0.15, 0.2) is 5.78 Å². The molecule has 0 saturated heterocycles. The van der Waals surface area contributed by atoms with Crippen LogP contribution in [0.2, 0.25) is 0 Å². The second kappa shape index (κ2) is 15.4. The number of Topliss-reactive ketones (excluding diaryl/α,β-unsaturated/α-hetero) is 1. The number of para-hydroxylation sites is 1. The smallest absolute Gasteiger partial charge is 0.348 e. The second-order valence-electron chi connectivity index (χ2n) is 10.2. The number of ketones is 1. The van der Waals surface area contributed by atoms with Gasteiger partial charge in [0.2, 0.25) is 0 Å².